The van der Waals surface area contributed by atoms with Crippen LogP contribution in [0.15, 0.2) is 58.8 Å². The Labute approximate surface area is 121 Å². The average Bonchev–Trinajstić information content (AvgIpc) is 2.48. The van der Waals surface area contributed by atoms with E-state index in [2.05, 4.69) is 15.0 Å². The molecule has 0 amide bonds. The van der Waals surface area contributed by atoms with Gasteiger partial charge in [-0.15, -0.1) is 0 Å². The first kappa shape index (κ1) is 14.5. The number of phenols is 1. The molecule has 21 heavy (non-hydrogen) atoms. The van der Waals surface area contributed by atoms with Crippen LogP contribution in [0.3, 0.4) is 0 Å². The number of aromatic hydroxyl groups is 1. The average molecular weight is 286 g/mol. The van der Waals surface area contributed by atoms with Gasteiger partial charge in [-0.25, -0.2) is 4.79 Å². The molecule has 0 saturated carbocycles. The fourth-order valence-electron chi connectivity index (χ4n) is 1.62. The van der Waals surface area contributed by atoms with Gasteiger partial charge < -0.3 is 14.9 Å². The second-order valence-electron chi connectivity index (χ2n) is 4.25. The van der Waals surface area contributed by atoms with Gasteiger partial charge in [0.15, 0.2) is 0 Å². The highest BCUT2D eigenvalue weighted by atomic mass is 16.7. The van der Waals surface area contributed by atoms with Gasteiger partial charge in [0, 0.05) is 6.42 Å². The van der Waals surface area contributed by atoms with Crippen molar-refractivity contribution in [3.63, 3.8) is 0 Å². The predicted octanol–water partition coefficient (Wildman–Crippen LogP) is 4.04. The number of ether oxygens (including phenoxy) is 1. The lowest BCUT2D eigenvalue weighted by Crippen LogP contribution is -2.03. The summed E-state index contributed by atoms with van der Waals surface area (Å²) in [5.41, 5.74) is 2.29. The maximum absolute atomic E-state index is 10.2. The van der Waals surface area contributed by atoms with Gasteiger partial charge in [0.2, 0.25) is 0 Å². The normalized spacial score (nSPS) is 10.7. The van der Waals surface area contributed by atoms with E-state index in [9.17, 15) is 4.79 Å². The van der Waals surface area contributed by atoms with E-state index < -0.39 is 6.16 Å². The number of carboxylic acid groups (broad SMARTS) is 1. The van der Waals surface area contributed by atoms with Gasteiger partial charge in [-0.1, -0.05) is 12.1 Å². The van der Waals surface area contributed by atoms with Crippen LogP contribution >= 0.6 is 0 Å². The molecule has 6 heteroatoms. The third kappa shape index (κ3) is 4.94. The molecule has 0 aliphatic heterocycles. The Morgan fingerprint density at radius 1 is 0.952 bits per heavy atom. The van der Waals surface area contributed by atoms with Crippen LogP contribution in [0.5, 0.6) is 5.75 Å². The topological polar surface area (TPSA) is 91.5 Å². The van der Waals surface area contributed by atoms with Crippen LogP contribution in [0.25, 0.3) is 0 Å². The van der Waals surface area contributed by atoms with Crippen LogP contribution in [0, 0.1) is 0 Å². The smallest absolute Gasteiger partial charge is 0.505 e. The molecule has 0 bridgehead atoms. The van der Waals surface area contributed by atoms with E-state index in [1.807, 2.05) is 12.1 Å². The quantitative estimate of drug-likeness (QED) is 0.640. The molecule has 0 fully saturated rings. The standard InChI is InChI=1S/C15H14N2O4/c18-14-7-5-13(6-8-14)17-16-12-3-1-11(2-4-12)9-10-21-15(19)20/h1-8,18H,9-10H2,(H,19,20). The van der Waals surface area contributed by atoms with Crippen molar-refractivity contribution in [3.05, 3.63) is 54.1 Å². The molecule has 0 aliphatic carbocycles. The Morgan fingerprint density at radius 2 is 1.48 bits per heavy atom. The molecule has 0 unspecified atom stereocenters. The van der Waals surface area contributed by atoms with Crippen LogP contribution < -0.4 is 0 Å². The van der Waals surface area contributed by atoms with Gasteiger partial charge in [0.25, 0.3) is 0 Å². The number of carbonyl (C=O) groups is 1. The molecule has 0 saturated heterocycles. The molecule has 108 valence electrons. The third-order valence-corrected chi connectivity index (χ3v) is 2.68. The van der Waals surface area contributed by atoms with Gasteiger partial charge in [0.05, 0.1) is 18.0 Å². The van der Waals surface area contributed by atoms with E-state index in [-0.39, 0.29) is 12.4 Å². The molecule has 0 spiro atoms. The first-order chi connectivity index (χ1) is 10.1. The van der Waals surface area contributed by atoms with Crippen molar-refractivity contribution in [1.29, 1.82) is 0 Å². The van der Waals surface area contributed by atoms with Crippen molar-refractivity contribution in [2.45, 2.75) is 6.42 Å². The van der Waals surface area contributed by atoms with Gasteiger partial charge in [-0.2, -0.15) is 10.2 Å². The highest BCUT2D eigenvalue weighted by Crippen LogP contribution is 2.20. The zero-order valence-corrected chi connectivity index (χ0v) is 11.1. The summed E-state index contributed by atoms with van der Waals surface area (Å²) >= 11 is 0. The van der Waals surface area contributed by atoms with Crippen LogP contribution in [0.2, 0.25) is 0 Å². The fraction of sp³-hybridized carbons (Fsp3) is 0.133. The van der Waals surface area contributed by atoms with E-state index in [0.717, 1.165) is 5.56 Å². The second-order valence-corrected chi connectivity index (χ2v) is 4.25. The molecule has 0 aromatic heterocycles. The fourth-order valence-corrected chi connectivity index (χ4v) is 1.62. The maximum atomic E-state index is 10.2. The minimum Gasteiger partial charge on any atom is -0.508 e. The molecule has 0 heterocycles. The summed E-state index contributed by atoms with van der Waals surface area (Å²) in [6, 6.07) is 13.7. The molecule has 2 rings (SSSR count). The van der Waals surface area contributed by atoms with Crippen molar-refractivity contribution in [2.24, 2.45) is 10.2 Å². The molecular formula is C15H14N2O4. The van der Waals surface area contributed by atoms with Gasteiger partial charge >= 0.3 is 6.16 Å². The molecule has 0 aliphatic rings. The monoisotopic (exact) mass is 286 g/mol. The first-order valence-corrected chi connectivity index (χ1v) is 6.29. The van der Waals surface area contributed by atoms with Gasteiger partial charge in [-0.05, 0) is 42.0 Å². The number of nitrogens with zero attached hydrogens (tertiary/aromatic N) is 2. The Bertz CT molecular complexity index is 621. The lowest BCUT2D eigenvalue weighted by atomic mass is 10.1. The maximum Gasteiger partial charge on any atom is 0.505 e. The predicted molar refractivity (Wildman–Crippen MR) is 76.4 cm³/mol. The van der Waals surface area contributed by atoms with Crippen LogP contribution in [-0.2, 0) is 11.2 Å². The van der Waals surface area contributed by atoms with E-state index in [4.69, 9.17) is 10.2 Å². The second kappa shape index (κ2) is 7.04. The SMILES string of the molecule is O=C(O)OCCc1ccc(N=Nc2ccc(O)cc2)cc1. The zero-order valence-electron chi connectivity index (χ0n) is 11.1. The summed E-state index contributed by atoms with van der Waals surface area (Å²) in [7, 11) is 0. The minimum atomic E-state index is -1.27. The summed E-state index contributed by atoms with van der Waals surface area (Å²) in [5, 5.41) is 25.6. The number of hydrogen-bond donors (Lipinski definition) is 2. The van der Waals surface area contributed by atoms with Gasteiger partial charge in [0.1, 0.15) is 5.75 Å². The first-order valence-electron chi connectivity index (χ1n) is 6.29. The van der Waals surface area contributed by atoms with Crippen molar-refractivity contribution in [3.8, 4) is 5.75 Å². The third-order valence-electron chi connectivity index (χ3n) is 2.68. The lowest BCUT2D eigenvalue weighted by Gasteiger charge is -2.01. The van der Waals surface area contributed by atoms with Crippen LogP contribution in [0.1, 0.15) is 5.56 Å². The zero-order chi connectivity index (χ0) is 15.1. The Balaban J connectivity index is 1.92. The van der Waals surface area contributed by atoms with Crippen molar-refractivity contribution >= 4 is 17.5 Å². The lowest BCUT2D eigenvalue weighted by molar-refractivity contribution is 0.0927. The Hall–Kier alpha value is -2.89. The van der Waals surface area contributed by atoms with Crippen molar-refractivity contribution in [1.82, 2.24) is 0 Å². The number of hydrogen-bond acceptors (Lipinski definition) is 5. The summed E-state index contributed by atoms with van der Waals surface area (Å²) in [4.78, 5) is 10.2. The molecule has 2 N–H and O–H groups in total. The van der Waals surface area contributed by atoms with E-state index in [1.165, 1.54) is 0 Å². The number of rotatable bonds is 5. The summed E-state index contributed by atoms with van der Waals surface area (Å²) in [5.74, 6) is 0.182. The Morgan fingerprint density at radius 3 is 2.00 bits per heavy atom. The van der Waals surface area contributed by atoms with E-state index in [0.29, 0.717) is 17.8 Å². The van der Waals surface area contributed by atoms with Crippen molar-refractivity contribution in [2.75, 3.05) is 6.61 Å². The summed E-state index contributed by atoms with van der Waals surface area (Å²) in [6.45, 7) is 0.129. The molecular weight excluding hydrogens is 272 g/mol. The molecule has 6 nitrogen and oxygen atoms in total. The summed E-state index contributed by atoms with van der Waals surface area (Å²) < 4.78 is 4.45. The van der Waals surface area contributed by atoms with Gasteiger partial charge in [-0.3, -0.25) is 0 Å². The van der Waals surface area contributed by atoms with Crippen LogP contribution in [0.4, 0.5) is 16.2 Å². The van der Waals surface area contributed by atoms with E-state index >= 15 is 0 Å². The van der Waals surface area contributed by atoms with Crippen LogP contribution in [-0.4, -0.2) is 23.0 Å². The van der Waals surface area contributed by atoms with E-state index in [1.54, 1.807) is 36.4 Å². The Kier molecular flexibility index (Phi) is 4.87. The number of benzene rings is 2. The van der Waals surface area contributed by atoms with Crippen molar-refractivity contribution < 1.29 is 19.7 Å². The molecule has 0 atom stereocenters. The largest absolute Gasteiger partial charge is 0.508 e. The number of azo groups is 1. The molecule has 2 aromatic carbocycles. The highest BCUT2D eigenvalue weighted by Gasteiger charge is 1.98. The molecule has 2 aromatic rings. The highest BCUT2D eigenvalue weighted by molar-refractivity contribution is 5.56. The minimum absolute atomic E-state index is 0.129. The summed E-state index contributed by atoms with van der Waals surface area (Å²) in [6.07, 6.45) is -0.754. The number of phenolic OH excluding ortho intramolecular Hbond substituents is 1. The molecule has 0 radical (unpaired) electrons.